The molecule has 1 aliphatic carbocycles. The summed E-state index contributed by atoms with van der Waals surface area (Å²) in [6, 6.07) is 14.7. The highest BCUT2D eigenvalue weighted by Gasteiger charge is 2.21. The average molecular weight is 409 g/mol. The molecule has 3 aromatic rings. The third kappa shape index (κ3) is 4.94. The van der Waals surface area contributed by atoms with Gasteiger partial charge in [0, 0.05) is 37.3 Å². The second-order valence-corrected chi connectivity index (χ2v) is 8.46. The van der Waals surface area contributed by atoms with Crippen LogP contribution in [0.5, 0.6) is 0 Å². The van der Waals surface area contributed by atoms with Crippen molar-refractivity contribution < 1.29 is 9.52 Å². The first-order chi connectivity index (χ1) is 14.6. The number of benzene rings is 1. The Bertz CT molecular complexity index is 961. The number of nitrogens with zero attached hydrogens (tertiary/aromatic N) is 2. The van der Waals surface area contributed by atoms with Crippen molar-refractivity contribution >= 4 is 22.4 Å². The zero-order valence-corrected chi connectivity index (χ0v) is 17.9. The lowest BCUT2D eigenvalue weighted by molar-refractivity contribution is 0.242. The van der Waals surface area contributed by atoms with Crippen LogP contribution in [0.1, 0.15) is 37.2 Å². The first-order valence-corrected chi connectivity index (χ1v) is 10.8. The minimum atomic E-state index is -0.0425. The van der Waals surface area contributed by atoms with Crippen LogP contribution in [0, 0.1) is 5.92 Å². The second kappa shape index (κ2) is 9.49. The molecule has 0 atom stereocenters. The summed E-state index contributed by atoms with van der Waals surface area (Å²) in [7, 11) is 4.16. The van der Waals surface area contributed by atoms with Crippen molar-refractivity contribution in [1.29, 1.82) is 0 Å². The van der Waals surface area contributed by atoms with Crippen molar-refractivity contribution in [2.24, 2.45) is 5.92 Å². The van der Waals surface area contributed by atoms with Crippen molar-refractivity contribution in [3.63, 3.8) is 0 Å². The number of para-hydroxylation sites is 1. The number of rotatable bonds is 8. The molecule has 0 amide bonds. The van der Waals surface area contributed by atoms with Gasteiger partial charge in [-0.2, -0.15) is 0 Å². The van der Waals surface area contributed by atoms with E-state index in [1.54, 1.807) is 0 Å². The molecule has 0 unspecified atom stereocenters. The summed E-state index contributed by atoms with van der Waals surface area (Å²) in [4.78, 5) is 7.00. The summed E-state index contributed by atoms with van der Waals surface area (Å²) < 4.78 is 5.53. The van der Waals surface area contributed by atoms with E-state index in [1.807, 2.05) is 18.2 Å². The van der Waals surface area contributed by atoms with Gasteiger partial charge in [-0.3, -0.25) is 0 Å². The number of furan rings is 1. The zero-order chi connectivity index (χ0) is 20.9. The van der Waals surface area contributed by atoms with E-state index < -0.39 is 0 Å². The van der Waals surface area contributed by atoms with Crippen molar-refractivity contribution in [3.05, 3.63) is 54.0 Å². The molecule has 1 saturated carbocycles. The number of nitrogens with one attached hydrogen (secondary N) is 2. The summed E-state index contributed by atoms with van der Waals surface area (Å²) in [6.07, 6.45) is 4.73. The van der Waals surface area contributed by atoms with Crippen molar-refractivity contribution in [3.8, 4) is 0 Å². The van der Waals surface area contributed by atoms with E-state index >= 15 is 0 Å². The molecule has 1 fully saturated rings. The lowest BCUT2D eigenvalue weighted by Crippen LogP contribution is -2.31. The standard InChI is InChI=1S/C24H32N4O2/c1-28(2)23-13-24(27-22-6-4-3-5-21(22)23)26-18-9-7-17(8-10-18)14-25-15-19-11-12-20(16-29)30-19/h3-6,11-13,17-18,25,29H,7-10,14-16H2,1-2H3,(H,26,27)/t17-,18+. The first-order valence-electron chi connectivity index (χ1n) is 10.8. The molecule has 1 aromatic carbocycles. The minimum Gasteiger partial charge on any atom is -0.462 e. The van der Waals surface area contributed by atoms with Crippen LogP contribution in [-0.4, -0.2) is 36.8 Å². The fourth-order valence-electron chi connectivity index (χ4n) is 4.32. The summed E-state index contributed by atoms with van der Waals surface area (Å²) in [5.74, 6) is 3.17. The summed E-state index contributed by atoms with van der Waals surface area (Å²) in [5, 5.41) is 17.4. The van der Waals surface area contributed by atoms with Crippen molar-refractivity contribution in [1.82, 2.24) is 10.3 Å². The number of pyridine rings is 1. The van der Waals surface area contributed by atoms with Crippen molar-refractivity contribution in [2.45, 2.75) is 44.9 Å². The quantitative estimate of drug-likeness (QED) is 0.520. The van der Waals surface area contributed by atoms with E-state index in [1.165, 1.54) is 23.9 Å². The highest BCUT2D eigenvalue weighted by atomic mass is 16.4. The van der Waals surface area contributed by atoms with Gasteiger partial charge in [0.1, 0.15) is 23.9 Å². The molecule has 6 heteroatoms. The molecule has 0 bridgehead atoms. The van der Waals surface area contributed by atoms with E-state index in [0.717, 1.165) is 36.5 Å². The summed E-state index contributed by atoms with van der Waals surface area (Å²) >= 11 is 0. The van der Waals surface area contributed by atoms with Gasteiger partial charge in [-0.1, -0.05) is 18.2 Å². The highest BCUT2D eigenvalue weighted by Crippen LogP contribution is 2.30. The molecule has 1 aliphatic rings. The topological polar surface area (TPSA) is 73.6 Å². The maximum absolute atomic E-state index is 9.08. The Kier molecular flexibility index (Phi) is 6.55. The Morgan fingerprint density at radius 3 is 2.57 bits per heavy atom. The third-order valence-electron chi connectivity index (χ3n) is 5.98. The van der Waals surface area contributed by atoms with Gasteiger partial charge >= 0.3 is 0 Å². The van der Waals surface area contributed by atoms with Gasteiger partial charge in [0.05, 0.1) is 12.1 Å². The van der Waals surface area contributed by atoms with Gasteiger partial charge in [0.25, 0.3) is 0 Å². The maximum atomic E-state index is 9.08. The molecule has 160 valence electrons. The Hall–Kier alpha value is -2.57. The van der Waals surface area contributed by atoms with Gasteiger partial charge in [0.2, 0.25) is 0 Å². The Labute approximate surface area is 178 Å². The van der Waals surface area contributed by atoms with Crippen LogP contribution >= 0.6 is 0 Å². The minimum absolute atomic E-state index is 0.0425. The number of hydrogen-bond donors (Lipinski definition) is 3. The number of hydrogen-bond acceptors (Lipinski definition) is 6. The second-order valence-electron chi connectivity index (χ2n) is 8.46. The van der Waals surface area contributed by atoms with Crippen LogP contribution < -0.4 is 15.5 Å². The zero-order valence-electron chi connectivity index (χ0n) is 17.9. The molecule has 2 aromatic heterocycles. The molecular weight excluding hydrogens is 376 g/mol. The number of anilines is 2. The Balaban J connectivity index is 1.28. The van der Waals surface area contributed by atoms with Crippen molar-refractivity contribution in [2.75, 3.05) is 30.9 Å². The predicted molar refractivity (Wildman–Crippen MR) is 122 cm³/mol. The van der Waals surface area contributed by atoms with Crippen LogP contribution in [0.4, 0.5) is 11.5 Å². The fourth-order valence-corrected chi connectivity index (χ4v) is 4.32. The molecular formula is C24H32N4O2. The molecule has 30 heavy (non-hydrogen) atoms. The monoisotopic (exact) mass is 408 g/mol. The lowest BCUT2D eigenvalue weighted by atomic mass is 9.86. The average Bonchev–Trinajstić information content (AvgIpc) is 3.22. The predicted octanol–water partition coefficient (Wildman–Crippen LogP) is 4.15. The number of fused-ring (bicyclic) bond motifs is 1. The molecule has 4 rings (SSSR count). The van der Waals surface area contributed by atoms with E-state index in [4.69, 9.17) is 14.5 Å². The lowest BCUT2D eigenvalue weighted by Gasteiger charge is -2.30. The van der Waals surface area contributed by atoms with Gasteiger partial charge in [-0.15, -0.1) is 0 Å². The van der Waals surface area contributed by atoms with E-state index in [-0.39, 0.29) is 6.61 Å². The molecule has 2 heterocycles. The SMILES string of the molecule is CN(C)c1cc(N[C@H]2CC[C@@H](CNCc3ccc(CO)o3)CC2)nc2ccccc12. The summed E-state index contributed by atoms with van der Waals surface area (Å²) in [5.41, 5.74) is 2.23. The van der Waals surface area contributed by atoms with Gasteiger partial charge in [-0.05, 0) is 56.3 Å². The van der Waals surface area contributed by atoms with Crippen LogP contribution in [0.15, 0.2) is 46.9 Å². The van der Waals surface area contributed by atoms with Gasteiger partial charge in [0.15, 0.2) is 0 Å². The van der Waals surface area contributed by atoms with Gasteiger partial charge in [-0.25, -0.2) is 4.98 Å². The van der Waals surface area contributed by atoms with Crippen LogP contribution in [0.2, 0.25) is 0 Å². The molecule has 0 aliphatic heterocycles. The Morgan fingerprint density at radius 1 is 1.07 bits per heavy atom. The summed E-state index contributed by atoms with van der Waals surface area (Å²) in [6.45, 7) is 1.67. The first kappa shape index (κ1) is 20.7. The maximum Gasteiger partial charge on any atom is 0.129 e. The highest BCUT2D eigenvalue weighted by molar-refractivity contribution is 5.93. The third-order valence-corrected chi connectivity index (χ3v) is 5.98. The van der Waals surface area contributed by atoms with Gasteiger partial charge < -0.3 is 25.1 Å². The number of aliphatic hydroxyl groups excluding tert-OH is 1. The normalized spacial score (nSPS) is 19.2. The number of aliphatic hydroxyl groups is 1. The van der Waals surface area contributed by atoms with E-state index in [0.29, 0.717) is 24.3 Å². The van der Waals surface area contributed by atoms with Crippen LogP contribution in [0.25, 0.3) is 10.9 Å². The molecule has 0 spiro atoms. The molecule has 0 radical (unpaired) electrons. The number of aromatic nitrogens is 1. The molecule has 0 saturated heterocycles. The smallest absolute Gasteiger partial charge is 0.129 e. The van der Waals surface area contributed by atoms with E-state index in [2.05, 4.69) is 53.9 Å². The largest absolute Gasteiger partial charge is 0.462 e. The Morgan fingerprint density at radius 2 is 1.83 bits per heavy atom. The van der Waals surface area contributed by atoms with E-state index in [9.17, 15) is 0 Å². The fraction of sp³-hybridized carbons (Fsp3) is 0.458. The van der Waals surface area contributed by atoms with Crippen LogP contribution in [0.3, 0.4) is 0 Å². The van der Waals surface area contributed by atoms with Crippen LogP contribution in [-0.2, 0) is 13.2 Å². The molecule has 6 nitrogen and oxygen atoms in total. The molecule has 3 N–H and O–H groups in total.